The second kappa shape index (κ2) is 6.94. The summed E-state index contributed by atoms with van der Waals surface area (Å²) in [6.45, 7) is 7.07. The lowest BCUT2D eigenvalue weighted by Gasteiger charge is -2.54. The highest BCUT2D eigenvalue weighted by molar-refractivity contribution is 5.89. The van der Waals surface area contributed by atoms with Crippen molar-refractivity contribution in [3.8, 4) is 0 Å². The van der Waals surface area contributed by atoms with Gasteiger partial charge in [0.2, 0.25) is 5.95 Å². The van der Waals surface area contributed by atoms with Crippen molar-refractivity contribution >= 4 is 28.6 Å². The van der Waals surface area contributed by atoms with Crippen molar-refractivity contribution in [1.82, 2.24) is 15.3 Å². The van der Waals surface area contributed by atoms with Crippen molar-refractivity contribution in [2.75, 3.05) is 36.5 Å². The number of nitrogens with one attached hydrogen (secondary N) is 2. The van der Waals surface area contributed by atoms with Crippen molar-refractivity contribution in [2.45, 2.75) is 19.9 Å². The van der Waals surface area contributed by atoms with Gasteiger partial charge in [-0.25, -0.2) is 19.2 Å². The van der Waals surface area contributed by atoms with Gasteiger partial charge in [0.1, 0.15) is 17.2 Å². The number of carbonyl (C=O) groups excluding carboxylic acids is 1. The van der Waals surface area contributed by atoms with E-state index in [-0.39, 0.29) is 11.2 Å². The molecule has 2 amide bonds. The fraction of sp³-hybridized carbons (Fsp3) is 0.381. The van der Waals surface area contributed by atoms with Crippen LogP contribution in [0.4, 0.5) is 20.8 Å². The minimum Gasteiger partial charge on any atom is -0.459 e. The first-order chi connectivity index (χ1) is 14.4. The Labute approximate surface area is 172 Å². The average molecular weight is 411 g/mol. The van der Waals surface area contributed by atoms with Gasteiger partial charge in [0.25, 0.3) is 0 Å². The molecule has 2 aliphatic heterocycles. The third-order valence-corrected chi connectivity index (χ3v) is 5.72. The molecular weight excluding hydrogens is 389 g/mol. The summed E-state index contributed by atoms with van der Waals surface area (Å²) in [5.74, 6) is 0.912. The van der Waals surface area contributed by atoms with Crippen molar-refractivity contribution in [3.05, 3.63) is 47.7 Å². The van der Waals surface area contributed by atoms with Crippen LogP contribution >= 0.6 is 0 Å². The first kappa shape index (κ1) is 18.8. The number of hydrogen-bond donors (Lipinski definition) is 2. The number of halogens is 1. The Balaban J connectivity index is 1.20. The SMILES string of the molecule is Cc1c([C@@H](C)NC(=O)Nc2cnc(N3CC4(COC4)C3)nc2)oc2ccc(F)cc12. The Hall–Kier alpha value is -3.20. The number of urea groups is 1. The van der Waals surface area contributed by atoms with Crippen LogP contribution in [-0.2, 0) is 4.74 Å². The number of aryl methyl sites for hydroxylation is 1. The number of benzene rings is 1. The van der Waals surface area contributed by atoms with Crippen molar-refractivity contribution in [2.24, 2.45) is 5.41 Å². The Bertz CT molecular complexity index is 1100. The fourth-order valence-electron chi connectivity index (χ4n) is 4.08. The van der Waals surface area contributed by atoms with Gasteiger partial charge < -0.3 is 24.7 Å². The van der Waals surface area contributed by atoms with E-state index in [2.05, 4.69) is 25.5 Å². The van der Waals surface area contributed by atoms with Gasteiger partial charge in [-0.2, -0.15) is 0 Å². The van der Waals surface area contributed by atoms with Gasteiger partial charge >= 0.3 is 6.03 Å². The van der Waals surface area contributed by atoms with Gasteiger partial charge in [-0.15, -0.1) is 0 Å². The molecule has 0 aliphatic carbocycles. The molecule has 3 aromatic rings. The summed E-state index contributed by atoms with van der Waals surface area (Å²) in [5, 5.41) is 6.26. The van der Waals surface area contributed by atoms with Crippen molar-refractivity contribution in [3.63, 3.8) is 0 Å². The minimum atomic E-state index is -0.403. The predicted molar refractivity (Wildman–Crippen MR) is 109 cm³/mol. The molecule has 0 saturated carbocycles. The molecule has 2 N–H and O–H groups in total. The van der Waals surface area contributed by atoms with Crippen LogP contribution in [0.15, 0.2) is 35.0 Å². The largest absolute Gasteiger partial charge is 0.459 e. The van der Waals surface area contributed by atoms with Gasteiger partial charge in [0, 0.05) is 24.0 Å². The smallest absolute Gasteiger partial charge is 0.319 e. The van der Waals surface area contributed by atoms with E-state index in [1.54, 1.807) is 18.5 Å². The maximum absolute atomic E-state index is 13.5. The van der Waals surface area contributed by atoms with E-state index in [0.717, 1.165) is 31.9 Å². The lowest BCUT2D eigenvalue weighted by Crippen LogP contribution is -2.66. The summed E-state index contributed by atoms with van der Waals surface area (Å²) in [7, 11) is 0. The number of nitrogens with zero attached hydrogens (tertiary/aromatic N) is 3. The molecule has 0 radical (unpaired) electrons. The van der Waals surface area contributed by atoms with Gasteiger partial charge in [-0.3, -0.25) is 0 Å². The van der Waals surface area contributed by atoms with Gasteiger partial charge in [-0.05, 0) is 32.0 Å². The topological polar surface area (TPSA) is 92.5 Å². The fourth-order valence-corrected chi connectivity index (χ4v) is 4.08. The van der Waals surface area contributed by atoms with E-state index in [1.165, 1.54) is 12.1 Å². The quantitative estimate of drug-likeness (QED) is 0.684. The molecule has 1 spiro atoms. The van der Waals surface area contributed by atoms with Crippen LogP contribution in [0.5, 0.6) is 0 Å². The van der Waals surface area contributed by atoms with Crippen molar-refractivity contribution < 1.29 is 18.3 Å². The molecule has 1 atom stereocenters. The molecule has 2 aromatic heterocycles. The summed E-state index contributed by atoms with van der Waals surface area (Å²) in [6, 6.07) is 3.57. The first-order valence-corrected chi connectivity index (χ1v) is 9.83. The summed E-state index contributed by atoms with van der Waals surface area (Å²) >= 11 is 0. The number of anilines is 2. The summed E-state index contributed by atoms with van der Waals surface area (Å²) in [4.78, 5) is 23.2. The summed E-state index contributed by atoms with van der Waals surface area (Å²) < 4.78 is 24.6. The number of ether oxygens (including phenoxy) is 1. The number of furan rings is 1. The van der Waals surface area contributed by atoms with E-state index in [4.69, 9.17) is 9.15 Å². The highest BCUT2D eigenvalue weighted by atomic mass is 19.1. The molecule has 5 rings (SSSR count). The molecule has 8 nitrogen and oxygen atoms in total. The minimum absolute atomic E-state index is 0.289. The molecule has 2 aliphatic rings. The van der Waals surface area contributed by atoms with Crippen LogP contribution in [-0.4, -0.2) is 42.3 Å². The third kappa shape index (κ3) is 3.24. The highest BCUT2D eigenvalue weighted by Gasteiger charge is 2.49. The lowest BCUT2D eigenvalue weighted by molar-refractivity contribution is -0.127. The Morgan fingerprint density at radius 3 is 2.67 bits per heavy atom. The van der Waals surface area contributed by atoms with Gasteiger partial charge in [-0.1, -0.05) is 0 Å². The number of amides is 2. The van der Waals surface area contributed by atoms with Crippen LogP contribution in [0.1, 0.15) is 24.3 Å². The van der Waals surface area contributed by atoms with Crippen LogP contribution in [0.25, 0.3) is 11.0 Å². The van der Waals surface area contributed by atoms with E-state index in [0.29, 0.717) is 28.4 Å². The van der Waals surface area contributed by atoms with Gasteiger partial charge in [0.15, 0.2) is 0 Å². The first-order valence-electron chi connectivity index (χ1n) is 9.83. The second-order valence-electron chi connectivity index (χ2n) is 8.17. The maximum Gasteiger partial charge on any atom is 0.319 e. The van der Waals surface area contributed by atoms with Crippen LogP contribution in [0, 0.1) is 18.2 Å². The number of carbonyl (C=O) groups is 1. The van der Waals surface area contributed by atoms with Crippen LogP contribution in [0.3, 0.4) is 0 Å². The number of fused-ring (bicyclic) bond motifs is 1. The highest BCUT2D eigenvalue weighted by Crippen LogP contribution is 2.39. The van der Waals surface area contributed by atoms with E-state index in [1.807, 2.05) is 13.8 Å². The number of hydrogen-bond acceptors (Lipinski definition) is 6. The second-order valence-corrected chi connectivity index (χ2v) is 8.17. The molecule has 156 valence electrons. The van der Waals surface area contributed by atoms with E-state index in [9.17, 15) is 9.18 Å². The van der Waals surface area contributed by atoms with E-state index < -0.39 is 12.1 Å². The summed E-state index contributed by atoms with van der Waals surface area (Å²) in [5.41, 5.74) is 2.17. The zero-order valence-electron chi connectivity index (χ0n) is 16.7. The van der Waals surface area contributed by atoms with Crippen LogP contribution in [0.2, 0.25) is 0 Å². The Morgan fingerprint density at radius 1 is 1.27 bits per heavy atom. The number of rotatable bonds is 4. The van der Waals surface area contributed by atoms with E-state index >= 15 is 0 Å². The van der Waals surface area contributed by atoms with Gasteiger partial charge in [0.05, 0.1) is 42.8 Å². The standard InChI is InChI=1S/C21H22FN5O3/c1-12-16-5-14(22)3-4-17(16)30-18(12)13(2)25-20(28)26-15-6-23-19(24-7-15)27-8-21(9-27)10-29-11-21/h3-7,13H,8-11H2,1-2H3,(H2,25,26,28)/t13-/m1/s1. The molecule has 0 bridgehead atoms. The summed E-state index contributed by atoms with van der Waals surface area (Å²) in [6.07, 6.45) is 3.17. The molecular formula is C21H22FN5O3. The Kier molecular flexibility index (Phi) is 4.35. The molecule has 2 fully saturated rings. The normalized spacial score (nSPS) is 18.0. The molecule has 1 aromatic carbocycles. The lowest BCUT2D eigenvalue weighted by atomic mass is 9.78. The maximum atomic E-state index is 13.5. The average Bonchev–Trinajstić information content (AvgIpc) is 2.97. The monoisotopic (exact) mass is 411 g/mol. The predicted octanol–water partition coefficient (Wildman–Crippen LogP) is 3.39. The van der Waals surface area contributed by atoms with Crippen molar-refractivity contribution in [1.29, 1.82) is 0 Å². The zero-order valence-corrected chi connectivity index (χ0v) is 16.7. The zero-order chi connectivity index (χ0) is 20.9. The molecule has 4 heterocycles. The molecule has 30 heavy (non-hydrogen) atoms. The number of aromatic nitrogens is 2. The molecule has 9 heteroatoms. The third-order valence-electron chi connectivity index (χ3n) is 5.72. The Morgan fingerprint density at radius 2 is 2.00 bits per heavy atom. The molecule has 2 saturated heterocycles. The van der Waals surface area contributed by atoms with Crippen LogP contribution < -0.4 is 15.5 Å². The molecule has 0 unspecified atom stereocenters.